The molecule has 0 spiro atoms. The van der Waals surface area contributed by atoms with E-state index in [9.17, 15) is 27.6 Å². The fourth-order valence-electron chi connectivity index (χ4n) is 2.30. The number of ether oxygens (including phenoxy) is 1. The van der Waals surface area contributed by atoms with Crippen molar-refractivity contribution in [3.63, 3.8) is 0 Å². The lowest BCUT2D eigenvalue weighted by Crippen LogP contribution is -2.23. The molecule has 0 atom stereocenters. The molecule has 0 aliphatic heterocycles. The Bertz CT molecular complexity index is 864. The fourth-order valence-corrected chi connectivity index (χ4v) is 2.30. The van der Waals surface area contributed by atoms with Gasteiger partial charge in [0.15, 0.2) is 6.61 Å². The number of hydrogen-bond acceptors (Lipinski definition) is 4. The summed E-state index contributed by atoms with van der Waals surface area (Å²) in [6.07, 6.45) is -4.75. The lowest BCUT2D eigenvalue weighted by molar-refractivity contribution is -0.146. The topological polar surface area (TPSA) is 84.5 Å². The predicted octanol–water partition coefficient (Wildman–Crippen LogP) is 3.39. The van der Waals surface area contributed by atoms with Gasteiger partial charge < -0.3 is 15.4 Å². The minimum Gasteiger partial charge on any atom is -0.455 e. The Morgan fingerprint density at radius 3 is 2.21 bits per heavy atom. The van der Waals surface area contributed by atoms with Crippen LogP contribution >= 0.6 is 0 Å². The zero-order valence-electron chi connectivity index (χ0n) is 14.8. The van der Waals surface area contributed by atoms with E-state index in [0.717, 1.165) is 12.1 Å². The molecule has 0 aliphatic carbocycles. The lowest BCUT2D eigenvalue weighted by atomic mass is 10.1. The van der Waals surface area contributed by atoms with Crippen LogP contribution in [0.15, 0.2) is 48.5 Å². The molecule has 0 unspecified atom stereocenters. The van der Waals surface area contributed by atoms with Gasteiger partial charge in [-0.2, -0.15) is 13.2 Å². The van der Waals surface area contributed by atoms with Gasteiger partial charge in [0.25, 0.3) is 5.91 Å². The lowest BCUT2D eigenvalue weighted by Gasteiger charge is -2.13. The van der Waals surface area contributed by atoms with E-state index in [-0.39, 0.29) is 12.3 Å². The molecule has 2 N–H and O–H groups in total. The summed E-state index contributed by atoms with van der Waals surface area (Å²) < 4.78 is 43.5. The number of alkyl halides is 3. The summed E-state index contributed by atoms with van der Waals surface area (Å²) in [5.74, 6) is -1.83. The molecule has 9 heteroatoms. The molecule has 0 fully saturated rings. The molecular formula is C19H17F3N2O4. The molecule has 0 heterocycles. The first-order chi connectivity index (χ1) is 13.1. The van der Waals surface area contributed by atoms with Gasteiger partial charge in [0.2, 0.25) is 5.91 Å². The predicted molar refractivity (Wildman–Crippen MR) is 95.5 cm³/mol. The van der Waals surface area contributed by atoms with E-state index in [1.165, 1.54) is 19.1 Å². The standard InChI is InChI=1S/C19H17F3N2O4/c1-12(25)23-14-8-6-13(7-9-14)10-18(27)28-11-17(26)24-16-5-3-2-4-15(16)19(20,21)22/h2-9H,10-11H2,1H3,(H,23,25)(H,24,26). The summed E-state index contributed by atoms with van der Waals surface area (Å²) in [7, 11) is 0. The van der Waals surface area contributed by atoms with Gasteiger partial charge in [-0.1, -0.05) is 24.3 Å². The number of hydrogen-bond donors (Lipinski definition) is 2. The average molecular weight is 394 g/mol. The zero-order chi connectivity index (χ0) is 20.7. The van der Waals surface area contributed by atoms with Crippen LogP contribution in [0.3, 0.4) is 0 Å². The van der Waals surface area contributed by atoms with Crippen molar-refractivity contribution in [1.82, 2.24) is 0 Å². The van der Waals surface area contributed by atoms with Crippen LogP contribution in [0.5, 0.6) is 0 Å². The van der Waals surface area contributed by atoms with Crippen molar-refractivity contribution in [3.8, 4) is 0 Å². The van der Waals surface area contributed by atoms with E-state index >= 15 is 0 Å². The van der Waals surface area contributed by atoms with Gasteiger partial charge in [0.05, 0.1) is 17.7 Å². The summed E-state index contributed by atoms with van der Waals surface area (Å²) >= 11 is 0. The van der Waals surface area contributed by atoms with Gasteiger partial charge in [-0.05, 0) is 29.8 Å². The summed E-state index contributed by atoms with van der Waals surface area (Å²) in [6.45, 7) is 0.651. The first kappa shape index (κ1) is 20.9. The molecule has 2 rings (SSSR count). The molecule has 0 aromatic heterocycles. The van der Waals surface area contributed by atoms with Crippen molar-refractivity contribution in [2.45, 2.75) is 19.5 Å². The van der Waals surface area contributed by atoms with Gasteiger partial charge >= 0.3 is 12.1 Å². The van der Waals surface area contributed by atoms with Crippen molar-refractivity contribution in [3.05, 3.63) is 59.7 Å². The highest BCUT2D eigenvalue weighted by molar-refractivity contribution is 5.93. The first-order valence-corrected chi connectivity index (χ1v) is 8.13. The van der Waals surface area contributed by atoms with Crippen LogP contribution < -0.4 is 10.6 Å². The minimum absolute atomic E-state index is 0.132. The fraction of sp³-hybridized carbons (Fsp3) is 0.211. The maximum atomic E-state index is 12.9. The maximum absolute atomic E-state index is 12.9. The molecule has 148 valence electrons. The molecule has 0 aliphatic rings. The van der Waals surface area contributed by atoms with E-state index < -0.39 is 35.9 Å². The van der Waals surface area contributed by atoms with Crippen LogP contribution in [-0.2, 0) is 31.7 Å². The molecule has 2 amide bonds. The normalized spacial score (nSPS) is 10.9. The van der Waals surface area contributed by atoms with E-state index in [2.05, 4.69) is 10.6 Å². The van der Waals surface area contributed by atoms with Crippen molar-refractivity contribution in [2.24, 2.45) is 0 Å². The Kier molecular flexibility index (Phi) is 6.75. The van der Waals surface area contributed by atoms with Gasteiger partial charge in [-0.3, -0.25) is 14.4 Å². The number of amides is 2. The molecule has 0 bridgehead atoms. The van der Waals surface area contributed by atoms with Crippen LogP contribution in [0.1, 0.15) is 18.1 Å². The quantitative estimate of drug-likeness (QED) is 0.736. The number of halogens is 3. The number of benzene rings is 2. The van der Waals surface area contributed by atoms with E-state index in [0.29, 0.717) is 11.3 Å². The molecule has 0 radical (unpaired) electrons. The van der Waals surface area contributed by atoms with Crippen molar-refractivity contribution in [1.29, 1.82) is 0 Å². The monoisotopic (exact) mass is 394 g/mol. The smallest absolute Gasteiger partial charge is 0.418 e. The van der Waals surface area contributed by atoms with Crippen molar-refractivity contribution in [2.75, 3.05) is 17.2 Å². The Balaban J connectivity index is 1.86. The molecule has 2 aromatic rings. The number of rotatable bonds is 6. The van der Waals surface area contributed by atoms with Crippen molar-refractivity contribution < 1.29 is 32.3 Å². The third-order valence-electron chi connectivity index (χ3n) is 3.49. The van der Waals surface area contributed by atoms with E-state index in [4.69, 9.17) is 4.74 Å². The summed E-state index contributed by atoms with van der Waals surface area (Å²) in [6, 6.07) is 10.9. The van der Waals surface area contributed by atoms with Crippen LogP contribution in [-0.4, -0.2) is 24.4 Å². The van der Waals surface area contributed by atoms with Crippen LogP contribution in [0.4, 0.5) is 24.5 Å². The molecule has 0 saturated carbocycles. The SMILES string of the molecule is CC(=O)Nc1ccc(CC(=O)OCC(=O)Nc2ccccc2C(F)(F)F)cc1. The van der Waals surface area contributed by atoms with Crippen LogP contribution in [0.25, 0.3) is 0 Å². The Labute approximate surface area is 158 Å². The number of esters is 1. The second-order valence-corrected chi connectivity index (χ2v) is 5.81. The largest absolute Gasteiger partial charge is 0.455 e. The average Bonchev–Trinajstić information content (AvgIpc) is 2.61. The minimum atomic E-state index is -4.62. The molecule has 28 heavy (non-hydrogen) atoms. The molecule has 2 aromatic carbocycles. The highest BCUT2D eigenvalue weighted by Gasteiger charge is 2.33. The summed E-state index contributed by atoms with van der Waals surface area (Å²) in [5, 5.41) is 4.66. The first-order valence-electron chi connectivity index (χ1n) is 8.13. The van der Waals surface area contributed by atoms with E-state index in [1.54, 1.807) is 24.3 Å². The van der Waals surface area contributed by atoms with E-state index in [1.807, 2.05) is 0 Å². The number of anilines is 2. The highest BCUT2D eigenvalue weighted by atomic mass is 19.4. The highest BCUT2D eigenvalue weighted by Crippen LogP contribution is 2.34. The van der Waals surface area contributed by atoms with Crippen LogP contribution in [0, 0.1) is 0 Å². The molecule has 0 saturated heterocycles. The summed E-state index contributed by atoms with van der Waals surface area (Å²) in [5.41, 5.74) is -0.257. The molecule has 6 nitrogen and oxygen atoms in total. The van der Waals surface area contributed by atoms with Crippen molar-refractivity contribution >= 4 is 29.2 Å². The number of nitrogens with one attached hydrogen (secondary N) is 2. The second-order valence-electron chi connectivity index (χ2n) is 5.81. The second kappa shape index (κ2) is 9.03. The van der Waals surface area contributed by atoms with Gasteiger partial charge in [-0.15, -0.1) is 0 Å². The third-order valence-corrected chi connectivity index (χ3v) is 3.49. The van der Waals surface area contributed by atoms with Gasteiger partial charge in [0, 0.05) is 12.6 Å². The number of para-hydroxylation sites is 1. The van der Waals surface area contributed by atoms with Gasteiger partial charge in [0.1, 0.15) is 0 Å². The number of carbonyl (C=O) groups excluding carboxylic acids is 3. The Hall–Kier alpha value is -3.36. The molecular weight excluding hydrogens is 377 g/mol. The Morgan fingerprint density at radius 1 is 0.964 bits per heavy atom. The van der Waals surface area contributed by atoms with Crippen LogP contribution in [0.2, 0.25) is 0 Å². The third kappa shape index (κ3) is 6.42. The summed E-state index contributed by atoms with van der Waals surface area (Å²) in [4.78, 5) is 34.6. The zero-order valence-corrected chi connectivity index (χ0v) is 14.8. The Morgan fingerprint density at radius 2 is 1.61 bits per heavy atom. The maximum Gasteiger partial charge on any atom is 0.418 e. The number of carbonyl (C=O) groups is 3. The van der Waals surface area contributed by atoms with Gasteiger partial charge in [-0.25, -0.2) is 0 Å².